The van der Waals surface area contributed by atoms with Crippen molar-refractivity contribution in [3.8, 4) is 0 Å². The molecule has 2 heteroatoms. The molecule has 0 aromatic heterocycles. The molecular weight excluding hydrogens is 198 g/mol. The Kier molecular flexibility index (Phi) is 7.25. The predicted octanol–water partition coefficient (Wildman–Crippen LogP) is 4.40. The Labute approximate surface area is 102 Å². The topological polar surface area (TPSA) is 12.5 Å². The molecule has 0 saturated heterocycles. The van der Waals surface area contributed by atoms with Crippen LogP contribution in [-0.2, 0) is 4.84 Å². The van der Waals surface area contributed by atoms with E-state index < -0.39 is 0 Å². The third-order valence-corrected chi connectivity index (χ3v) is 3.37. The van der Waals surface area contributed by atoms with Gasteiger partial charge < -0.3 is 0 Å². The Morgan fingerprint density at radius 3 is 2.00 bits per heavy atom. The number of hydrogen-bond donors (Lipinski definition) is 0. The summed E-state index contributed by atoms with van der Waals surface area (Å²) in [4.78, 5) is 6.19. The molecule has 0 aromatic carbocycles. The molecule has 0 spiro atoms. The molecule has 0 aliphatic carbocycles. The normalized spacial score (nSPS) is 16.5. The molecule has 2 unspecified atom stereocenters. The summed E-state index contributed by atoms with van der Waals surface area (Å²) in [5, 5.41) is 2.22. The van der Waals surface area contributed by atoms with Crippen molar-refractivity contribution in [1.82, 2.24) is 5.06 Å². The average Bonchev–Trinajstić information content (AvgIpc) is 2.25. The fourth-order valence-electron chi connectivity index (χ4n) is 1.69. The summed E-state index contributed by atoms with van der Waals surface area (Å²) in [7, 11) is 0. The van der Waals surface area contributed by atoms with Gasteiger partial charge in [0.15, 0.2) is 0 Å². The third kappa shape index (κ3) is 5.31. The fraction of sp³-hybridized carbons (Fsp3) is 1.00. The first-order valence-electron chi connectivity index (χ1n) is 6.85. The summed E-state index contributed by atoms with van der Waals surface area (Å²) in [6.07, 6.45) is 4.58. The number of nitrogens with zero attached hydrogens (tertiary/aromatic N) is 1. The Bertz CT molecular complexity index is 180. The lowest BCUT2D eigenvalue weighted by Crippen LogP contribution is -2.45. The van der Waals surface area contributed by atoms with Gasteiger partial charge in [-0.2, -0.15) is 5.06 Å². The molecule has 0 N–H and O–H groups in total. The molecule has 0 aliphatic rings. The zero-order valence-electron chi connectivity index (χ0n) is 12.3. The summed E-state index contributed by atoms with van der Waals surface area (Å²) in [5.74, 6) is 0. The number of hydroxylamine groups is 2. The molecule has 2 nitrogen and oxygen atoms in total. The molecule has 0 radical (unpaired) electrons. The van der Waals surface area contributed by atoms with E-state index in [1.165, 1.54) is 12.8 Å². The minimum Gasteiger partial charge on any atom is -0.293 e. The highest BCUT2D eigenvalue weighted by Crippen LogP contribution is 2.22. The average molecular weight is 229 g/mol. The maximum Gasteiger partial charge on any atom is 0.0841 e. The van der Waals surface area contributed by atoms with Crippen LogP contribution >= 0.6 is 0 Å². The lowest BCUT2D eigenvalue weighted by Gasteiger charge is -2.39. The van der Waals surface area contributed by atoms with Crippen LogP contribution in [0.4, 0.5) is 0 Å². The van der Waals surface area contributed by atoms with Crippen LogP contribution in [0.5, 0.6) is 0 Å². The van der Waals surface area contributed by atoms with E-state index in [1.807, 2.05) is 0 Å². The zero-order chi connectivity index (χ0) is 12.8. The molecule has 2 atom stereocenters. The number of hydrogen-bond acceptors (Lipinski definition) is 2. The minimum absolute atomic E-state index is 0.0502. The van der Waals surface area contributed by atoms with Crippen molar-refractivity contribution in [2.24, 2.45) is 0 Å². The summed E-state index contributed by atoms with van der Waals surface area (Å²) < 4.78 is 0. The van der Waals surface area contributed by atoms with Crippen LogP contribution in [0, 0.1) is 0 Å². The number of rotatable bonds is 8. The molecule has 0 fully saturated rings. The van der Waals surface area contributed by atoms with E-state index in [-0.39, 0.29) is 5.60 Å². The summed E-state index contributed by atoms with van der Waals surface area (Å²) in [6, 6.07) is 0.998. The molecule has 0 saturated carbocycles. The first kappa shape index (κ1) is 15.9. The smallest absolute Gasteiger partial charge is 0.0841 e. The van der Waals surface area contributed by atoms with Crippen LogP contribution in [0.2, 0.25) is 0 Å². The van der Waals surface area contributed by atoms with Crippen molar-refractivity contribution in [3.05, 3.63) is 0 Å². The maximum atomic E-state index is 6.19. The summed E-state index contributed by atoms with van der Waals surface area (Å²) in [6.45, 7) is 15.5. The van der Waals surface area contributed by atoms with Crippen LogP contribution in [0.1, 0.15) is 74.1 Å². The first-order chi connectivity index (χ1) is 7.37. The van der Waals surface area contributed by atoms with Gasteiger partial charge in [-0.15, -0.1) is 0 Å². The zero-order valence-corrected chi connectivity index (χ0v) is 12.3. The highest BCUT2D eigenvalue weighted by Gasteiger charge is 2.26. The van der Waals surface area contributed by atoms with Crippen molar-refractivity contribution in [3.63, 3.8) is 0 Å². The second-order valence-corrected chi connectivity index (χ2v) is 5.46. The second-order valence-electron chi connectivity index (χ2n) is 5.46. The predicted molar refractivity (Wildman–Crippen MR) is 71.4 cm³/mol. The highest BCUT2D eigenvalue weighted by molar-refractivity contribution is 4.71. The molecule has 0 heterocycles. The van der Waals surface area contributed by atoms with Gasteiger partial charge in [-0.1, -0.05) is 27.2 Å². The lowest BCUT2D eigenvalue weighted by atomic mass is 10.1. The van der Waals surface area contributed by atoms with Crippen molar-refractivity contribution in [2.75, 3.05) is 0 Å². The van der Waals surface area contributed by atoms with E-state index in [1.54, 1.807) is 0 Å². The Hall–Kier alpha value is -0.0800. The minimum atomic E-state index is -0.0502. The Morgan fingerprint density at radius 1 is 1.06 bits per heavy atom. The van der Waals surface area contributed by atoms with Crippen LogP contribution < -0.4 is 0 Å². The van der Waals surface area contributed by atoms with Crippen LogP contribution in [0.25, 0.3) is 0 Å². The first-order valence-corrected chi connectivity index (χ1v) is 6.85. The van der Waals surface area contributed by atoms with Gasteiger partial charge in [-0.25, -0.2) is 0 Å². The standard InChI is InChI=1S/C14H31NO/c1-8-11-13(5)15(12(4)9-2)16-14(6,7)10-3/h12-13H,8-11H2,1-7H3. The molecule has 0 rings (SSSR count). The van der Waals surface area contributed by atoms with Gasteiger partial charge in [0, 0.05) is 12.1 Å². The van der Waals surface area contributed by atoms with E-state index in [2.05, 4.69) is 53.5 Å². The van der Waals surface area contributed by atoms with Crippen LogP contribution in [-0.4, -0.2) is 22.7 Å². The fourth-order valence-corrected chi connectivity index (χ4v) is 1.69. The summed E-state index contributed by atoms with van der Waals surface area (Å²) >= 11 is 0. The van der Waals surface area contributed by atoms with Gasteiger partial charge in [-0.3, -0.25) is 4.84 Å². The third-order valence-electron chi connectivity index (χ3n) is 3.37. The van der Waals surface area contributed by atoms with Crippen LogP contribution in [0.15, 0.2) is 0 Å². The quantitative estimate of drug-likeness (QED) is 0.572. The highest BCUT2D eigenvalue weighted by atomic mass is 16.7. The summed E-state index contributed by atoms with van der Waals surface area (Å²) in [5.41, 5.74) is -0.0502. The molecule has 16 heavy (non-hydrogen) atoms. The lowest BCUT2D eigenvalue weighted by molar-refractivity contribution is -0.272. The van der Waals surface area contributed by atoms with E-state index in [0.29, 0.717) is 12.1 Å². The van der Waals surface area contributed by atoms with Crippen LogP contribution in [0.3, 0.4) is 0 Å². The molecule has 0 aromatic rings. The van der Waals surface area contributed by atoms with Crippen molar-refractivity contribution in [2.45, 2.75) is 91.8 Å². The van der Waals surface area contributed by atoms with Gasteiger partial charge in [0.05, 0.1) is 5.60 Å². The van der Waals surface area contributed by atoms with E-state index in [9.17, 15) is 0 Å². The molecule has 98 valence electrons. The Balaban J connectivity index is 4.54. The van der Waals surface area contributed by atoms with Crippen molar-refractivity contribution >= 4 is 0 Å². The Morgan fingerprint density at radius 2 is 1.62 bits per heavy atom. The van der Waals surface area contributed by atoms with E-state index >= 15 is 0 Å². The van der Waals surface area contributed by atoms with Gasteiger partial charge in [0.2, 0.25) is 0 Å². The molecular formula is C14H31NO. The van der Waals surface area contributed by atoms with Crippen molar-refractivity contribution in [1.29, 1.82) is 0 Å². The SMILES string of the molecule is CCCC(C)N(OC(C)(C)CC)C(C)CC. The van der Waals surface area contributed by atoms with Gasteiger partial charge in [0.25, 0.3) is 0 Å². The monoisotopic (exact) mass is 229 g/mol. The van der Waals surface area contributed by atoms with E-state index in [4.69, 9.17) is 4.84 Å². The second kappa shape index (κ2) is 7.29. The van der Waals surface area contributed by atoms with Crippen molar-refractivity contribution < 1.29 is 4.84 Å². The van der Waals surface area contributed by atoms with Gasteiger partial charge >= 0.3 is 0 Å². The molecule has 0 aliphatic heterocycles. The van der Waals surface area contributed by atoms with Gasteiger partial charge in [-0.05, 0) is 47.0 Å². The van der Waals surface area contributed by atoms with E-state index in [0.717, 1.165) is 12.8 Å². The van der Waals surface area contributed by atoms with Gasteiger partial charge in [0.1, 0.15) is 0 Å². The maximum absolute atomic E-state index is 6.19. The molecule has 0 bridgehead atoms. The molecule has 0 amide bonds. The largest absolute Gasteiger partial charge is 0.293 e.